The first kappa shape index (κ1) is 24.0. The molecule has 0 amide bonds. The zero-order chi connectivity index (χ0) is 23.9. The molecule has 0 bridgehead atoms. The first-order valence-electron chi connectivity index (χ1n) is 11.2. The van der Waals surface area contributed by atoms with Gasteiger partial charge in [0.2, 0.25) is 0 Å². The molecule has 0 aliphatic heterocycles. The highest BCUT2D eigenvalue weighted by atomic mass is 35.5. The number of thiazole rings is 1. The van der Waals surface area contributed by atoms with Gasteiger partial charge in [-0.1, -0.05) is 25.4 Å². The molecule has 0 spiro atoms. The number of nitrogens with zero attached hydrogens (tertiary/aromatic N) is 5. The molecule has 0 aliphatic carbocycles. The number of rotatable bonds is 10. The van der Waals surface area contributed by atoms with Gasteiger partial charge in [-0.3, -0.25) is 4.98 Å². The molecule has 34 heavy (non-hydrogen) atoms. The second-order valence-corrected chi connectivity index (χ2v) is 9.90. The van der Waals surface area contributed by atoms with Crippen molar-refractivity contribution in [1.82, 2.24) is 24.9 Å². The van der Waals surface area contributed by atoms with Crippen molar-refractivity contribution >= 4 is 28.1 Å². The lowest BCUT2D eigenvalue weighted by atomic mass is 10.1. The van der Waals surface area contributed by atoms with Gasteiger partial charge in [0.1, 0.15) is 11.4 Å². The Hall–Kier alpha value is -3.10. The molecule has 0 atom stereocenters. The highest BCUT2D eigenvalue weighted by molar-refractivity contribution is 7.15. The van der Waals surface area contributed by atoms with Crippen LogP contribution in [0.3, 0.4) is 0 Å². The summed E-state index contributed by atoms with van der Waals surface area (Å²) in [5, 5.41) is 1.17. The topological polar surface area (TPSA) is 99.7 Å². The van der Waals surface area contributed by atoms with Gasteiger partial charge in [0, 0.05) is 34.7 Å². The minimum absolute atomic E-state index is 0.524. The number of nitrogen functional groups attached to an aromatic ring is 1. The second kappa shape index (κ2) is 11.4. The van der Waals surface area contributed by atoms with Crippen molar-refractivity contribution in [3.63, 3.8) is 0 Å². The first-order chi connectivity index (χ1) is 16.5. The van der Waals surface area contributed by atoms with E-state index in [4.69, 9.17) is 32.0 Å². The van der Waals surface area contributed by atoms with E-state index in [9.17, 15) is 0 Å². The Morgan fingerprint density at radius 2 is 1.91 bits per heavy atom. The van der Waals surface area contributed by atoms with E-state index in [0.29, 0.717) is 34.2 Å². The smallest absolute Gasteiger partial charge is 0.180 e. The lowest BCUT2D eigenvalue weighted by molar-refractivity contribution is 0.289. The summed E-state index contributed by atoms with van der Waals surface area (Å²) in [4.78, 5) is 23.3. The number of aromatic nitrogens is 5. The summed E-state index contributed by atoms with van der Waals surface area (Å²) in [5.41, 5.74) is 8.84. The molecule has 9 heteroatoms. The van der Waals surface area contributed by atoms with Crippen LogP contribution < -0.4 is 10.5 Å². The van der Waals surface area contributed by atoms with Gasteiger partial charge in [-0.05, 0) is 55.9 Å². The predicted octanol–water partition coefficient (Wildman–Crippen LogP) is 5.89. The van der Waals surface area contributed by atoms with Crippen LogP contribution in [-0.2, 0) is 12.8 Å². The molecule has 0 unspecified atom stereocenters. The van der Waals surface area contributed by atoms with E-state index in [2.05, 4.69) is 28.8 Å². The Morgan fingerprint density at radius 1 is 1.03 bits per heavy atom. The van der Waals surface area contributed by atoms with Crippen molar-refractivity contribution in [2.24, 2.45) is 5.92 Å². The fraction of sp³-hybridized carbons (Fsp3) is 0.320. The quantitative estimate of drug-likeness (QED) is 0.293. The number of halogens is 1. The SMILES string of the molecule is CC(C)CCOc1ccc(-c2cc(CCCc3cnc(N)s3)nc(-c3cnccn3)n2)c(Cl)c1. The third-order valence-electron chi connectivity index (χ3n) is 5.18. The van der Waals surface area contributed by atoms with Crippen LogP contribution in [0, 0.1) is 5.92 Å². The molecule has 0 radical (unpaired) electrons. The molecule has 176 valence electrons. The highest BCUT2D eigenvalue weighted by Gasteiger charge is 2.13. The van der Waals surface area contributed by atoms with Crippen molar-refractivity contribution in [3.8, 4) is 28.5 Å². The summed E-state index contributed by atoms with van der Waals surface area (Å²) in [6, 6.07) is 7.70. The molecular formula is C25H27ClN6OS. The van der Waals surface area contributed by atoms with Gasteiger partial charge in [-0.15, -0.1) is 11.3 Å². The Bertz CT molecular complexity index is 1230. The summed E-state index contributed by atoms with van der Waals surface area (Å²) in [6.45, 7) is 5.01. The van der Waals surface area contributed by atoms with E-state index in [-0.39, 0.29) is 0 Å². The largest absolute Gasteiger partial charge is 0.494 e. The lowest BCUT2D eigenvalue weighted by Crippen LogP contribution is -2.02. The Kier molecular flexibility index (Phi) is 8.03. The number of nitrogens with two attached hydrogens (primary N) is 1. The number of hydrogen-bond donors (Lipinski definition) is 1. The highest BCUT2D eigenvalue weighted by Crippen LogP contribution is 2.32. The Balaban J connectivity index is 1.58. The van der Waals surface area contributed by atoms with Crippen LogP contribution in [0.25, 0.3) is 22.8 Å². The van der Waals surface area contributed by atoms with Crippen LogP contribution in [0.5, 0.6) is 5.75 Å². The van der Waals surface area contributed by atoms with Gasteiger partial charge in [0.25, 0.3) is 0 Å². The maximum atomic E-state index is 6.66. The van der Waals surface area contributed by atoms with Gasteiger partial charge < -0.3 is 10.5 Å². The third-order valence-corrected chi connectivity index (χ3v) is 6.38. The zero-order valence-electron chi connectivity index (χ0n) is 19.2. The van der Waals surface area contributed by atoms with Crippen LogP contribution in [0.4, 0.5) is 5.13 Å². The molecule has 7 nitrogen and oxygen atoms in total. The minimum Gasteiger partial charge on any atom is -0.494 e. The molecule has 2 N–H and O–H groups in total. The molecule has 0 saturated heterocycles. The molecule has 0 fully saturated rings. The van der Waals surface area contributed by atoms with E-state index in [0.717, 1.165) is 53.3 Å². The molecular weight excluding hydrogens is 468 g/mol. The zero-order valence-corrected chi connectivity index (χ0v) is 20.8. The van der Waals surface area contributed by atoms with E-state index in [1.54, 1.807) is 18.6 Å². The van der Waals surface area contributed by atoms with Crippen LogP contribution in [0.2, 0.25) is 5.02 Å². The Morgan fingerprint density at radius 3 is 2.62 bits per heavy atom. The fourth-order valence-corrected chi connectivity index (χ4v) is 4.37. The van der Waals surface area contributed by atoms with Crippen molar-refractivity contribution in [2.75, 3.05) is 12.3 Å². The van der Waals surface area contributed by atoms with Crippen LogP contribution >= 0.6 is 22.9 Å². The number of ether oxygens (including phenoxy) is 1. The summed E-state index contributed by atoms with van der Waals surface area (Å²) in [6.07, 6.45) is 10.3. The first-order valence-corrected chi connectivity index (χ1v) is 12.4. The standard InChI is InChI=1S/C25H27ClN6OS/c1-16(2)8-11-33-18-6-7-20(21(26)13-18)22-12-17(4-3-5-19-14-30-25(27)34-19)31-24(32-22)23-15-28-9-10-29-23/h6-7,9-10,12-16H,3-5,8,11H2,1-2H3,(H2,27,30). The van der Waals surface area contributed by atoms with Crippen molar-refractivity contribution < 1.29 is 4.74 Å². The maximum absolute atomic E-state index is 6.66. The number of aryl methyl sites for hydroxylation is 2. The van der Waals surface area contributed by atoms with Crippen LogP contribution in [0.1, 0.15) is 37.3 Å². The van der Waals surface area contributed by atoms with Gasteiger partial charge >= 0.3 is 0 Å². The van der Waals surface area contributed by atoms with Crippen molar-refractivity contribution in [1.29, 1.82) is 0 Å². The fourth-order valence-electron chi connectivity index (χ4n) is 3.38. The molecule has 0 saturated carbocycles. The van der Waals surface area contributed by atoms with E-state index in [1.165, 1.54) is 11.3 Å². The minimum atomic E-state index is 0.524. The number of anilines is 1. The normalized spacial score (nSPS) is 11.2. The second-order valence-electron chi connectivity index (χ2n) is 8.35. The summed E-state index contributed by atoms with van der Waals surface area (Å²) >= 11 is 8.18. The number of benzene rings is 1. The molecule has 3 aromatic heterocycles. The molecule has 4 aromatic rings. The predicted molar refractivity (Wildman–Crippen MR) is 137 cm³/mol. The third kappa shape index (κ3) is 6.48. The van der Waals surface area contributed by atoms with E-state index in [1.807, 2.05) is 30.5 Å². The molecule has 3 heterocycles. The summed E-state index contributed by atoms with van der Waals surface area (Å²) in [5.74, 6) is 1.86. The van der Waals surface area contributed by atoms with Gasteiger partial charge in [0.15, 0.2) is 11.0 Å². The summed E-state index contributed by atoms with van der Waals surface area (Å²) in [7, 11) is 0. The maximum Gasteiger partial charge on any atom is 0.180 e. The molecule has 1 aromatic carbocycles. The monoisotopic (exact) mass is 494 g/mol. The lowest BCUT2D eigenvalue weighted by Gasteiger charge is -2.12. The van der Waals surface area contributed by atoms with Gasteiger partial charge in [-0.25, -0.2) is 19.9 Å². The average Bonchev–Trinajstić information content (AvgIpc) is 3.24. The summed E-state index contributed by atoms with van der Waals surface area (Å²) < 4.78 is 5.85. The Labute approximate surface area is 208 Å². The average molecular weight is 495 g/mol. The van der Waals surface area contributed by atoms with Gasteiger partial charge in [0.05, 0.1) is 23.5 Å². The van der Waals surface area contributed by atoms with Crippen molar-refractivity contribution in [3.05, 3.63) is 64.6 Å². The van der Waals surface area contributed by atoms with E-state index >= 15 is 0 Å². The number of hydrogen-bond acceptors (Lipinski definition) is 8. The molecule has 4 rings (SSSR count). The van der Waals surface area contributed by atoms with Crippen molar-refractivity contribution in [2.45, 2.75) is 39.5 Å². The van der Waals surface area contributed by atoms with Crippen LogP contribution in [-0.4, -0.2) is 31.5 Å². The van der Waals surface area contributed by atoms with E-state index < -0.39 is 0 Å². The molecule has 0 aliphatic rings. The van der Waals surface area contributed by atoms with Crippen LogP contribution in [0.15, 0.2) is 49.1 Å². The van der Waals surface area contributed by atoms with Gasteiger partial charge in [-0.2, -0.15) is 0 Å².